The fourth-order valence-electron chi connectivity index (χ4n) is 3.19. The lowest BCUT2D eigenvalue weighted by molar-refractivity contribution is 0.101. The van der Waals surface area contributed by atoms with Crippen LogP contribution in [0.1, 0.15) is 23.7 Å². The van der Waals surface area contributed by atoms with E-state index in [9.17, 15) is 22.0 Å². The van der Waals surface area contributed by atoms with Gasteiger partial charge in [0.1, 0.15) is 11.4 Å². The first-order valence-electron chi connectivity index (χ1n) is 9.84. The number of hydrogen-bond acceptors (Lipinski definition) is 6. The Morgan fingerprint density at radius 2 is 1.97 bits per heavy atom. The zero-order valence-electron chi connectivity index (χ0n) is 17.3. The molecule has 4 aromatic rings. The van der Waals surface area contributed by atoms with E-state index in [1.807, 2.05) is 4.72 Å². The van der Waals surface area contributed by atoms with Gasteiger partial charge in [0.2, 0.25) is 10.0 Å². The maximum Gasteiger partial charge on any atom is 0.261 e. The number of amides is 1. The van der Waals surface area contributed by atoms with Gasteiger partial charge in [-0.05, 0) is 36.8 Å². The highest BCUT2D eigenvalue weighted by Gasteiger charge is 2.23. The maximum absolute atomic E-state index is 14.9. The summed E-state index contributed by atoms with van der Waals surface area (Å²) in [5.74, 6) is -3.82. The number of H-pyrrole nitrogens is 1. The number of fused-ring (bicyclic) bond motifs is 1. The van der Waals surface area contributed by atoms with Gasteiger partial charge in [-0.3, -0.25) is 19.6 Å². The smallest absolute Gasteiger partial charge is 0.261 e. The number of sulfonamides is 1. The highest BCUT2D eigenvalue weighted by molar-refractivity contribution is 7.92. The van der Waals surface area contributed by atoms with Crippen molar-refractivity contribution in [2.75, 3.05) is 15.8 Å². The third-order valence-corrected chi connectivity index (χ3v) is 6.12. The van der Waals surface area contributed by atoms with E-state index in [1.165, 1.54) is 12.3 Å². The van der Waals surface area contributed by atoms with Crippen LogP contribution in [0.2, 0.25) is 0 Å². The number of aromatic amines is 1. The second-order valence-corrected chi connectivity index (χ2v) is 8.91. The molecule has 3 N–H and O–H groups in total. The summed E-state index contributed by atoms with van der Waals surface area (Å²) in [4.78, 5) is 21.1. The van der Waals surface area contributed by atoms with Crippen LogP contribution < -0.4 is 10.0 Å². The first-order chi connectivity index (χ1) is 15.8. The standard InChI is InChI=1S/C21H18F2N6O3S/c1-2-9-33(31,32)29-15-7-6-14(22)17(18(15)23)21(30)26-12-10-13-19(16-5-3-4-8-24-16)27-28-20(13)25-11-12/h3-8,10-11,29H,2,9H2,1H3,(H,26,30)(H,25,27,28). The fraction of sp³-hybridized carbons (Fsp3) is 0.143. The van der Waals surface area contributed by atoms with E-state index in [2.05, 4.69) is 25.5 Å². The molecule has 3 heterocycles. The van der Waals surface area contributed by atoms with Crippen molar-refractivity contribution in [2.24, 2.45) is 0 Å². The molecule has 1 aromatic carbocycles. The Bertz CT molecular complexity index is 1440. The van der Waals surface area contributed by atoms with E-state index in [0.717, 1.165) is 12.1 Å². The van der Waals surface area contributed by atoms with Crippen molar-refractivity contribution < 1.29 is 22.0 Å². The third kappa shape index (κ3) is 4.65. The van der Waals surface area contributed by atoms with E-state index >= 15 is 0 Å². The summed E-state index contributed by atoms with van der Waals surface area (Å²) in [7, 11) is -3.84. The second kappa shape index (κ2) is 8.90. The molecule has 12 heteroatoms. The Morgan fingerprint density at radius 3 is 2.70 bits per heavy atom. The molecule has 0 aliphatic heterocycles. The van der Waals surface area contributed by atoms with Crippen LogP contribution in [0.3, 0.4) is 0 Å². The summed E-state index contributed by atoms with van der Waals surface area (Å²) in [5, 5.41) is 9.85. The normalized spacial score (nSPS) is 11.5. The molecule has 0 radical (unpaired) electrons. The van der Waals surface area contributed by atoms with Crippen molar-refractivity contribution >= 4 is 38.3 Å². The zero-order valence-corrected chi connectivity index (χ0v) is 18.1. The van der Waals surface area contributed by atoms with Crippen LogP contribution in [0.4, 0.5) is 20.2 Å². The lowest BCUT2D eigenvalue weighted by Gasteiger charge is -2.12. The summed E-state index contributed by atoms with van der Waals surface area (Å²) in [6.45, 7) is 1.64. The van der Waals surface area contributed by atoms with Crippen molar-refractivity contribution in [3.8, 4) is 11.4 Å². The Kier molecular flexibility index (Phi) is 6.01. The minimum Gasteiger partial charge on any atom is -0.320 e. The molecule has 0 aliphatic carbocycles. The van der Waals surface area contributed by atoms with E-state index in [0.29, 0.717) is 28.8 Å². The van der Waals surface area contributed by atoms with Crippen molar-refractivity contribution in [3.63, 3.8) is 0 Å². The molecule has 0 saturated heterocycles. The molecule has 0 bridgehead atoms. The van der Waals surface area contributed by atoms with Crippen LogP contribution >= 0.6 is 0 Å². The molecule has 4 rings (SSSR count). The number of nitrogens with zero attached hydrogens (tertiary/aromatic N) is 3. The Morgan fingerprint density at radius 1 is 1.15 bits per heavy atom. The number of aromatic nitrogens is 4. The molecule has 33 heavy (non-hydrogen) atoms. The summed E-state index contributed by atoms with van der Waals surface area (Å²) < 4.78 is 55.2. The first-order valence-corrected chi connectivity index (χ1v) is 11.5. The van der Waals surface area contributed by atoms with Gasteiger partial charge in [0, 0.05) is 6.20 Å². The zero-order chi connectivity index (χ0) is 23.6. The van der Waals surface area contributed by atoms with E-state index in [4.69, 9.17) is 0 Å². The largest absolute Gasteiger partial charge is 0.320 e. The average molecular weight is 472 g/mol. The van der Waals surface area contributed by atoms with Crippen molar-refractivity contribution in [1.29, 1.82) is 0 Å². The number of carbonyl (C=O) groups excluding carboxylic acids is 1. The van der Waals surface area contributed by atoms with Gasteiger partial charge < -0.3 is 5.32 Å². The number of hydrogen-bond donors (Lipinski definition) is 3. The van der Waals surface area contributed by atoms with Crippen LogP contribution in [-0.2, 0) is 10.0 Å². The minimum absolute atomic E-state index is 0.154. The number of benzene rings is 1. The molecule has 170 valence electrons. The fourth-order valence-corrected chi connectivity index (χ4v) is 4.33. The van der Waals surface area contributed by atoms with Gasteiger partial charge in [0.25, 0.3) is 5.91 Å². The molecule has 0 fully saturated rings. The monoisotopic (exact) mass is 472 g/mol. The molecule has 0 saturated carbocycles. The molecule has 1 amide bonds. The maximum atomic E-state index is 14.9. The highest BCUT2D eigenvalue weighted by atomic mass is 32.2. The molecule has 0 spiro atoms. The molecular formula is C21H18F2N6O3S. The van der Waals surface area contributed by atoms with Crippen LogP contribution in [0.15, 0.2) is 48.8 Å². The molecular weight excluding hydrogens is 454 g/mol. The van der Waals surface area contributed by atoms with Crippen molar-refractivity contribution in [2.45, 2.75) is 13.3 Å². The van der Waals surface area contributed by atoms with E-state index in [1.54, 1.807) is 31.3 Å². The molecule has 9 nitrogen and oxygen atoms in total. The lowest BCUT2D eigenvalue weighted by Crippen LogP contribution is -2.20. The number of anilines is 2. The lowest BCUT2D eigenvalue weighted by atomic mass is 10.1. The summed E-state index contributed by atoms with van der Waals surface area (Å²) in [5.41, 5.74) is 0.216. The van der Waals surface area contributed by atoms with E-state index in [-0.39, 0.29) is 11.4 Å². The van der Waals surface area contributed by atoms with Gasteiger partial charge in [-0.2, -0.15) is 5.10 Å². The van der Waals surface area contributed by atoms with Crippen molar-refractivity contribution in [1.82, 2.24) is 20.2 Å². The van der Waals surface area contributed by atoms with Gasteiger partial charge in [-0.15, -0.1) is 0 Å². The first kappa shape index (κ1) is 22.3. The number of carbonyl (C=O) groups is 1. The van der Waals surface area contributed by atoms with Gasteiger partial charge in [-0.25, -0.2) is 22.2 Å². The number of nitrogens with one attached hydrogen (secondary N) is 3. The molecule has 3 aromatic heterocycles. The van der Waals surface area contributed by atoms with Gasteiger partial charge >= 0.3 is 0 Å². The number of pyridine rings is 2. The quantitative estimate of drug-likeness (QED) is 0.376. The van der Waals surface area contributed by atoms with Crippen molar-refractivity contribution in [3.05, 3.63) is 66.0 Å². The van der Waals surface area contributed by atoms with E-state index < -0.39 is 38.8 Å². The predicted octanol–water partition coefficient (Wildman–Crippen LogP) is 3.70. The predicted molar refractivity (Wildman–Crippen MR) is 119 cm³/mol. The van der Waals surface area contributed by atoms with Crippen LogP contribution in [-0.4, -0.2) is 40.2 Å². The molecule has 0 aliphatic rings. The average Bonchev–Trinajstić information content (AvgIpc) is 3.19. The Balaban J connectivity index is 1.65. The van der Waals surface area contributed by atoms with Gasteiger partial charge in [0.05, 0.1) is 40.1 Å². The van der Waals surface area contributed by atoms with Crippen LogP contribution in [0, 0.1) is 11.6 Å². The summed E-state index contributed by atoms with van der Waals surface area (Å²) in [6.07, 6.45) is 3.19. The highest BCUT2D eigenvalue weighted by Crippen LogP contribution is 2.27. The summed E-state index contributed by atoms with van der Waals surface area (Å²) in [6, 6.07) is 8.59. The molecule has 0 unspecified atom stereocenters. The number of halogens is 2. The van der Waals surface area contributed by atoms with Crippen LogP contribution in [0.25, 0.3) is 22.4 Å². The Labute approximate surface area is 187 Å². The minimum atomic E-state index is -3.84. The third-order valence-electron chi connectivity index (χ3n) is 4.64. The number of rotatable bonds is 7. The topological polar surface area (TPSA) is 130 Å². The van der Waals surface area contributed by atoms with Gasteiger partial charge in [-0.1, -0.05) is 13.0 Å². The summed E-state index contributed by atoms with van der Waals surface area (Å²) >= 11 is 0. The molecule has 0 atom stereocenters. The Hall–Kier alpha value is -3.93. The SMILES string of the molecule is CCCS(=O)(=O)Nc1ccc(F)c(C(=O)Nc2cnc3n[nH]c(-c4ccccn4)c3c2)c1F. The van der Waals surface area contributed by atoms with Gasteiger partial charge in [0.15, 0.2) is 11.5 Å². The van der Waals surface area contributed by atoms with Crippen LogP contribution in [0.5, 0.6) is 0 Å². The second-order valence-electron chi connectivity index (χ2n) is 7.07.